The van der Waals surface area contributed by atoms with E-state index in [9.17, 15) is 9.59 Å². The molecule has 0 bridgehead atoms. The van der Waals surface area contributed by atoms with Gasteiger partial charge >= 0.3 is 5.97 Å². The van der Waals surface area contributed by atoms with Crippen LogP contribution >= 0.6 is 0 Å². The average molecular weight is 283 g/mol. The number of aromatic nitrogens is 1. The van der Waals surface area contributed by atoms with Crippen molar-refractivity contribution in [3.05, 3.63) is 58.8 Å². The number of rotatable bonds is 3. The molecule has 1 aliphatic heterocycles. The molecular formula is C15H13N3O3. The van der Waals surface area contributed by atoms with Crippen molar-refractivity contribution in [3.8, 4) is 0 Å². The monoisotopic (exact) mass is 283 g/mol. The molecule has 0 saturated heterocycles. The van der Waals surface area contributed by atoms with E-state index in [0.717, 1.165) is 11.1 Å². The van der Waals surface area contributed by atoms with Crippen LogP contribution in [0.1, 0.15) is 31.8 Å². The number of carbonyl (C=O) groups is 2. The van der Waals surface area contributed by atoms with Crippen molar-refractivity contribution in [2.75, 3.05) is 4.90 Å². The van der Waals surface area contributed by atoms with E-state index in [2.05, 4.69) is 4.98 Å². The second kappa shape index (κ2) is 4.90. The van der Waals surface area contributed by atoms with Gasteiger partial charge in [0.1, 0.15) is 5.82 Å². The number of primary amides is 1. The summed E-state index contributed by atoms with van der Waals surface area (Å²) in [6.45, 7) is 1.08. The van der Waals surface area contributed by atoms with Crippen LogP contribution in [-0.2, 0) is 13.1 Å². The summed E-state index contributed by atoms with van der Waals surface area (Å²) in [5.74, 6) is -0.953. The second-order valence-corrected chi connectivity index (χ2v) is 4.88. The van der Waals surface area contributed by atoms with Crippen LogP contribution in [0.15, 0.2) is 36.5 Å². The van der Waals surface area contributed by atoms with Crippen LogP contribution in [0.25, 0.3) is 0 Å². The number of nitrogens with two attached hydrogens (primary N) is 1. The van der Waals surface area contributed by atoms with E-state index in [1.165, 1.54) is 0 Å². The first-order chi connectivity index (χ1) is 10.1. The molecule has 0 aliphatic carbocycles. The number of aromatic carboxylic acids is 1. The van der Waals surface area contributed by atoms with Crippen molar-refractivity contribution in [1.29, 1.82) is 0 Å². The van der Waals surface area contributed by atoms with E-state index in [-0.39, 0.29) is 5.56 Å². The number of carboxylic acid groups (broad SMARTS) is 1. The molecule has 1 aromatic heterocycles. The maximum absolute atomic E-state index is 11.5. The van der Waals surface area contributed by atoms with Gasteiger partial charge in [-0.25, -0.2) is 9.78 Å². The summed E-state index contributed by atoms with van der Waals surface area (Å²) >= 11 is 0. The zero-order valence-corrected chi connectivity index (χ0v) is 11.1. The van der Waals surface area contributed by atoms with Gasteiger partial charge in [0.05, 0.1) is 11.1 Å². The van der Waals surface area contributed by atoms with E-state index >= 15 is 0 Å². The van der Waals surface area contributed by atoms with Crippen LogP contribution in [0.2, 0.25) is 0 Å². The summed E-state index contributed by atoms with van der Waals surface area (Å²) < 4.78 is 0. The highest BCUT2D eigenvalue weighted by Gasteiger charge is 2.24. The zero-order chi connectivity index (χ0) is 15.0. The molecule has 0 atom stereocenters. The minimum Gasteiger partial charge on any atom is -0.478 e. The summed E-state index contributed by atoms with van der Waals surface area (Å²) in [6.07, 6.45) is 1.60. The third-order valence-electron chi connectivity index (χ3n) is 3.53. The number of carbonyl (C=O) groups excluding carboxylic acids is 1. The van der Waals surface area contributed by atoms with E-state index in [0.29, 0.717) is 24.5 Å². The third-order valence-corrected chi connectivity index (χ3v) is 3.53. The van der Waals surface area contributed by atoms with Gasteiger partial charge in [-0.15, -0.1) is 0 Å². The number of fused-ring (bicyclic) bond motifs is 1. The summed E-state index contributed by atoms with van der Waals surface area (Å²) in [5.41, 5.74) is 7.94. The molecule has 0 spiro atoms. The van der Waals surface area contributed by atoms with Crippen molar-refractivity contribution < 1.29 is 14.7 Å². The van der Waals surface area contributed by atoms with Gasteiger partial charge in [-0.2, -0.15) is 0 Å². The fourth-order valence-corrected chi connectivity index (χ4v) is 2.52. The molecule has 0 unspecified atom stereocenters. The Balaban J connectivity index is 1.95. The molecule has 1 aliphatic rings. The molecule has 106 valence electrons. The Morgan fingerprint density at radius 3 is 2.67 bits per heavy atom. The predicted molar refractivity (Wildman–Crippen MR) is 76.0 cm³/mol. The summed E-state index contributed by atoms with van der Waals surface area (Å²) in [4.78, 5) is 28.6. The van der Waals surface area contributed by atoms with Crippen molar-refractivity contribution in [1.82, 2.24) is 4.98 Å². The number of benzene rings is 1. The first-order valence-corrected chi connectivity index (χ1v) is 6.41. The molecule has 0 saturated carbocycles. The number of hydrogen-bond acceptors (Lipinski definition) is 4. The summed E-state index contributed by atoms with van der Waals surface area (Å²) in [6, 6.07) is 8.33. The maximum Gasteiger partial charge on any atom is 0.335 e. The van der Waals surface area contributed by atoms with Crippen LogP contribution in [0, 0.1) is 0 Å². The van der Waals surface area contributed by atoms with Gasteiger partial charge in [-0.3, -0.25) is 4.79 Å². The quantitative estimate of drug-likeness (QED) is 0.887. The van der Waals surface area contributed by atoms with Crippen LogP contribution in [-0.4, -0.2) is 22.0 Å². The zero-order valence-electron chi connectivity index (χ0n) is 11.1. The normalized spacial score (nSPS) is 13.0. The number of amides is 1. The molecule has 21 heavy (non-hydrogen) atoms. The van der Waals surface area contributed by atoms with E-state index in [1.807, 2.05) is 4.90 Å². The molecule has 0 radical (unpaired) electrons. The SMILES string of the molecule is NC(=O)c1cccnc1N1Cc2ccc(C(=O)O)cc2C1. The maximum atomic E-state index is 11.5. The Bertz CT molecular complexity index is 743. The molecule has 6 heteroatoms. The number of anilines is 1. The predicted octanol–water partition coefficient (Wildman–Crippen LogP) is 1.40. The van der Waals surface area contributed by atoms with E-state index < -0.39 is 11.9 Å². The Morgan fingerprint density at radius 1 is 1.19 bits per heavy atom. The third kappa shape index (κ3) is 2.31. The molecule has 1 aromatic carbocycles. The first kappa shape index (κ1) is 13.1. The largest absolute Gasteiger partial charge is 0.478 e. The van der Waals surface area contributed by atoms with Crippen molar-refractivity contribution in [3.63, 3.8) is 0 Å². The van der Waals surface area contributed by atoms with Crippen LogP contribution < -0.4 is 10.6 Å². The van der Waals surface area contributed by atoms with Crippen LogP contribution in [0.3, 0.4) is 0 Å². The fourth-order valence-electron chi connectivity index (χ4n) is 2.52. The van der Waals surface area contributed by atoms with Gasteiger partial charge in [0.15, 0.2) is 0 Å². The fraction of sp³-hybridized carbons (Fsp3) is 0.133. The molecule has 0 fully saturated rings. The lowest BCUT2D eigenvalue weighted by Gasteiger charge is -2.18. The van der Waals surface area contributed by atoms with Gasteiger partial charge in [0.25, 0.3) is 5.91 Å². The number of nitrogens with zero attached hydrogens (tertiary/aromatic N) is 2. The molecule has 1 amide bonds. The van der Waals surface area contributed by atoms with Gasteiger partial charge in [0, 0.05) is 19.3 Å². The lowest BCUT2D eigenvalue weighted by Crippen LogP contribution is -2.22. The van der Waals surface area contributed by atoms with Gasteiger partial charge in [-0.1, -0.05) is 6.07 Å². The molecule has 2 aromatic rings. The molecule has 3 rings (SSSR count). The minimum absolute atomic E-state index is 0.256. The Hall–Kier alpha value is -2.89. The highest BCUT2D eigenvalue weighted by atomic mass is 16.4. The second-order valence-electron chi connectivity index (χ2n) is 4.88. The van der Waals surface area contributed by atoms with Crippen LogP contribution in [0.4, 0.5) is 5.82 Å². The topological polar surface area (TPSA) is 96.5 Å². The van der Waals surface area contributed by atoms with E-state index in [4.69, 9.17) is 10.8 Å². The van der Waals surface area contributed by atoms with Gasteiger partial charge in [0.2, 0.25) is 0 Å². The summed E-state index contributed by atoms with van der Waals surface area (Å²) in [5, 5.41) is 9.03. The van der Waals surface area contributed by atoms with Crippen molar-refractivity contribution >= 4 is 17.7 Å². The Kier molecular flexibility index (Phi) is 3.06. The highest BCUT2D eigenvalue weighted by Crippen LogP contribution is 2.29. The lowest BCUT2D eigenvalue weighted by atomic mass is 10.1. The van der Waals surface area contributed by atoms with Gasteiger partial charge < -0.3 is 15.7 Å². The molecular weight excluding hydrogens is 270 g/mol. The Labute approximate surface area is 120 Å². The lowest BCUT2D eigenvalue weighted by molar-refractivity contribution is 0.0696. The highest BCUT2D eigenvalue weighted by molar-refractivity contribution is 5.97. The van der Waals surface area contributed by atoms with Crippen molar-refractivity contribution in [2.24, 2.45) is 5.73 Å². The number of pyridine rings is 1. The minimum atomic E-state index is -0.952. The smallest absolute Gasteiger partial charge is 0.335 e. The molecule has 3 N–H and O–H groups in total. The standard InChI is InChI=1S/C15H13N3O3/c16-13(19)12-2-1-5-17-14(12)18-7-10-4-3-9(15(20)21)6-11(10)8-18/h1-6H,7-8H2,(H2,16,19)(H,20,21). The number of hydrogen-bond donors (Lipinski definition) is 2. The number of carboxylic acids is 1. The summed E-state index contributed by atoms with van der Waals surface area (Å²) in [7, 11) is 0. The van der Waals surface area contributed by atoms with E-state index in [1.54, 1.807) is 36.5 Å². The van der Waals surface area contributed by atoms with Crippen LogP contribution in [0.5, 0.6) is 0 Å². The molecule has 6 nitrogen and oxygen atoms in total. The Morgan fingerprint density at radius 2 is 1.95 bits per heavy atom. The van der Waals surface area contributed by atoms with Crippen molar-refractivity contribution in [2.45, 2.75) is 13.1 Å². The molecule has 2 heterocycles. The average Bonchev–Trinajstić information content (AvgIpc) is 2.89. The van der Waals surface area contributed by atoms with Gasteiger partial charge in [-0.05, 0) is 35.4 Å². The first-order valence-electron chi connectivity index (χ1n) is 6.41.